The molecule has 1 fully saturated rings. The van der Waals surface area contributed by atoms with Crippen molar-refractivity contribution in [3.63, 3.8) is 0 Å². The fourth-order valence-corrected chi connectivity index (χ4v) is 2.68. The standard InChI is InChI=1S/C17H19N5O/c1-9-5-13-14(6-10(9)2)21-16(20-13)15-12(8-19-22-15)17(23)18-7-11-3-4-11/h5-6,8,11H,3-4,7H2,1-2H3,(H,18,23)(H,19,22)(H,20,21). The Morgan fingerprint density at radius 2 is 2.09 bits per heavy atom. The number of aromatic nitrogens is 4. The van der Waals surface area contributed by atoms with Gasteiger partial charge in [0.15, 0.2) is 5.82 Å². The molecule has 1 amide bonds. The first-order valence-corrected chi connectivity index (χ1v) is 7.90. The Hall–Kier alpha value is -2.63. The van der Waals surface area contributed by atoms with Gasteiger partial charge >= 0.3 is 0 Å². The fourth-order valence-electron chi connectivity index (χ4n) is 2.68. The first-order valence-electron chi connectivity index (χ1n) is 7.90. The number of nitrogens with zero attached hydrogens (tertiary/aromatic N) is 2. The number of carbonyl (C=O) groups is 1. The number of hydrogen-bond donors (Lipinski definition) is 3. The summed E-state index contributed by atoms with van der Waals surface area (Å²) in [5.41, 5.74) is 5.41. The molecule has 0 spiro atoms. The summed E-state index contributed by atoms with van der Waals surface area (Å²) in [6, 6.07) is 4.12. The molecule has 0 bridgehead atoms. The van der Waals surface area contributed by atoms with Crippen molar-refractivity contribution in [3.05, 3.63) is 35.0 Å². The van der Waals surface area contributed by atoms with Crippen LogP contribution in [0.25, 0.3) is 22.6 Å². The highest BCUT2D eigenvalue weighted by atomic mass is 16.1. The molecule has 3 aromatic rings. The predicted octanol–water partition coefficient (Wildman–Crippen LogP) is 2.71. The third kappa shape index (κ3) is 2.60. The maximum absolute atomic E-state index is 12.3. The van der Waals surface area contributed by atoms with Gasteiger partial charge in [-0.1, -0.05) is 0 Å². The van der Waals surface area contributed by atoms with Gasteiger partial charge in [0.1, 0.15) is 5.69 Å². The van der Waals surface area contributed by atoms with Gasteiger partial charge < -0.3 is 10.3 Å². The Morgan fingerprint density at radius 3 is 2.87 bits per heavy atom. The van der Waals surface area contributed by atoms with Gasteiger partial charge in [-0.25, -0.2) is 4.98 Å². The molecule has 1 aromatic carbocycles. The van der Waals surface area contributed by atoms with Crippen molar-refractivity contribution in [2.45, 2.75) is 26.7 Å². The van der Waals surface area contributed by atoms with Crippen LogP contribution in [0.4, 0.5) is 0 Å². The monoisotopic (exact) mass is 309 g/mol. The number of hydrogen-bond acceptors (Lipinski definition) is 3. The fraction of sp³-hybridized carbons (Fsp3) is 0.353. The summed E-state index contributed by atoms with van der Waals surface area (Å²) in [7, 11) is 0. The Morgan fingerprint density at radius 1 is 1.30 bits per heavy atom. The van der Waals surface area contributed by atoms with Gasteiger partial charge in [-0.05, 0) is 55.9 Å². The van der Waals surface area contributed by atoms with Crippen LogP contribution in [0.3, 0.4) is 0 Å². The Labute approximate surface area is 133 Å². The molecular weight excluding hydrogens is 290 g/mol. The van der Waals surface area contributed by atoms with Gasteiger partial charge in [0.25, 0.3) is 5.91 Å². The average Bonchev–Trinajstić information content (AvgIpc) is 3.06. The van der Waals surface area contributed by atoms with Crippen molar-refractivity contribution < 1.29 is 4.79 Å². The molecule has 1 aliphatic rings. The molecule has 0 radical (unpaired) electrons. The third-order valence-corrected chi connectivity index (χ3v) is 4.47. The Kier molecular flexibility index (Phi) is 3.18. The van der Waals surface area contributed by atoms with E-state index < -0.39 is 0 Å². The van der Waals surface area contributed by atoms with Gasteiger partial charge in [0, 0.05) is 6.54 Å². The number of H-pyrrole nitrogens is 2. The van der Waals surface area contributed by atoms with Gasteiger partial charge in [0.2, 0.25) is 0 Å². The first-order chi connectivity index (χ1) is 11.1. The summed E-state index contributed by atoms with van der Waals surface area (Å²) in [6.07, 6.45) is 3.98. The Bertz CT molecular complexity index is 849. The predicted molar refractivity (Wildman–Crippen MR) is 88.2 cm³/mol. The number of aromatic amines is 2. The molecule has 0 unspecified atom stereocenters. The van der Waals surface area contributed by atoms with E-state index in [0.717, 1.165) is 17.6 Å². The molecule has 0 saturated heterocycles. The van der Waals surface area contributed by atoms with Crippen LogP contribution >= 0.6 is 0 Å². The number of imidazole rings is 1. The highest BCUT2D eigenvalue weighted by molar-refractivity contribution is 5.99. The highest BCUT2D eigenvalue weighted by Gasteiger charge is 2.24. The molecular formula is C17H19N5O. The molecule has 1 aliphatic carbocycles. The number of aryl methyl sites for hydroxylation is 2. The van der Waals surface area contributed by atoms with Crippen LogP contribution in [-0.2, 0) is 0 Å². The van der Waals surface area contributed by atoms with Crippen molar-refractivity contribution >= 4 is 16.9 Å². The number of nitrogens with one attached hydrogen (secondary N) is 3. The van der Waals surface area contributed by atoms with Crippen LogP contribution in [-0.4, -0.2) is 32.6 Å². The molecule has 6 nitrogen and oxygen atoms in total. The second-order valence-corrected chi connectivity index (χ2v) is 6.35. The molecule has 2 aromatic heterocycles. The van der Waals surface area contributed by atoms with E-state index in [0.29, 0.717) is 23.0 Å². The summed E-state index contributed by atoms with van der Waals surface area (Å²) in [5, 5.41) is 9.88. The smallest absolute Gasteiger partial charge is 0.255 e. The minimum atomic E-state index is -0.103. The number of rotatable bonds is 4. The van der Waals surface area contributed by atoms with Gasteiger partial charge in [-0.2, -0.15) is 5.10 Å². The van der Waals surface area contributed by atoms with Crippen molar-refractivity contribution in [2.24, 2.45) is 5.92 Å². The summed E-state index contributed by atoms with van der Waals surface area (Å²) in [6.45, 7) is 4.88. The van der Waals surface area contributed by atoms with E-state index >= 15 is 0 Å². The number of carbonyl (C=O) groups excluding carboxylic acids is 1. The lowest BCUT2D eigenvalue weighted by atomic mass is 10.1. The van der Waals surface area contributed by atoms with Crippen LogP contribution in [0, 0.1) is 19.8 Å². The lowest BCUT2D eigenvalue weighted by Gasteiger charge is -2.03. The SMILES string of the molecule is Cc1cc2nc(-c3[nH]ncc3C(=O)NCC3CC3)[nH]c2cc1C. The molecule has 0 aliphatic heterocycles. The molecule has 4 rings (SSSR count). The van der Waals surface area contributed by atoms with E-state index in [1.54, 1.807) is 6.20 Å². The normalized spacial score (nSPS) is 14.3. The van der Waals surface area contributed by atoms with Crippen molar-refractivity contribution in [3.8, 4) is 11.5 Å². The quantitative estimate of drug-likeness (QED) is 0.692. The highest BCUT2D eigenvalue weighted by Crippen LogP contribution is 2.28. The molecule has 3 N–H and O–H groups in total. The van der Waals surface area contributed by atoms with Crippen molar-refractivity contribution in [2.75, 3.05) is 6.54 Å². The summed E-state index contributed by atoms with van der Waals surface area (Å²) in [4.78, 5) is 20.2. The minimum Gasteiger partial charge on any atom is -0.352 e. The topological polar surface area (TPSA) is 86.5 Å². The van der Waals surface area contributed by atoms with Gasteiger partial charge in [-0.3, -0.25) is 9.89 Å². The zero-order chi connectivity index (χ0) is 16.0. The zero-order valence-corrected chi connectivity index (χ0v) is 13.2. The van der Waals surface area contributed by atoms with E-state index in [2.05, 4.69) is 45.4 Å². The molecule has 2 heterocycles. The molecule has 6 heteroatoms. The molecule has 23 heavy (non-hydrogen) atoms. The zero-order valence-electron chi connectivity index (χ0n) is 13.2. The number of amides is 1. The second kappa shape index (κ2) is 5.22. The first kappa shape index (κ1) is 14.0. The maximum atomic E-state index is 12.3. The minimum absolute atomic E-state index is 0.103. The van der Waals surface area contributed by atoms with Crippen LogP contribution in [0.2, 0.25) is 0 Å². The van der Waals surface area contributed by atoms with Crippen molar-refractivity contribution in [1.29, 1.82) is 0 Å². The van der Waals surface area contributed by atoms with E-state index in [1.807, 2.05) is 6.07 Å². The van der Waals surface area contributed by atoms with E-state index in [4.69, 9.17) is 0 Å². The lowest BCUT2D eigenvalue weighted by Crippen LogP contribution is -2.25. The second-order valence-electron chi connectivity index (χ2n) is 6.35. The molecule has 0 atom stereocenters. The van der Waals surface area contributed by atoms with E-state index in [-0.39, 0.29) is 5.91 Å². The summed E-state index contributed by atoms with van der Waals surface area (Å²) in [5.74, 6) is 1.18. The summed E-state index contributed by atoms with van der Waals surface area (Å²) < 4.78 is 0. The van der Waals surface area contributed by atoms with Gasteiger partial charge in [-0.15, -0.1) is 0 Å². The van der Waals surface area contributed by atoms with Crippen LogP contribution in [0.5, 0.6) is 0 Å². The molecule has 1 saturated carbocycles. The maximum Gasteiger partial charge on any atom is 0.255 e. The number of benzene rings is 1. The largest absolute Gasteiger partial charge is 0.352 e. The van der Waals surface area contributed by atoms with E-state index in [9.17, 15) is 4.79 Å². The van der Waals surface area contributed by atoms with Crippen LogP contribution in [0.15, 0.2) is 18.3 Å². The van der Waals surface area contributed by atoms with Crippen LogP contribution in [0.1, 0.15) is 34.3 Å². The number of fused-ring (bicyclic) bond motifs is 1. The van der Waals surface area contributed by atoms with Crippen molar-refractivity contribution in [1.82, 2.24) is 25.5 Å². The average molecular weight is 309 g/mol. The summed E-state index contributed by atoms with van der Waals surface area (Å²) >= 11 is 0. The van der Waals surface area contributed by atoms with Crippen LogP contribution < -0.4 is 5.32 Å². The van der Waals surface area contributed by atoms with Gasteiger partial charge in [0.05, 0.1) is 22.8 Å². The molecule has 118 valence electrons. The Balaban J connectivity index is 1.67. The van der Waals surface area contributed by atoms with E-state index in [1.165, 1.54) is 24.0 Å². The third-order valence-electron chi connectivity index (χ3n) is 4.47. The lowest BCUT2D eigenvalue weighted by molar-refractivity contribution is 0.0952.